The molecule has 0 saturated carbocycles. The number of methoxy groups -OCH3 is 1. The number of phenols is 1. The number of fused-ring (bicyclic) bond motifs is 9. The Kier molecular flexibility index (Phi) is 7.59. The minimum absolute atomic E-state index is 0.0365. The molecule has 3 N–H and O–H groups in total. The van der Waals surface area contributed by atoms with Crippen LogP contribution in [0.4, 0.5) is 0 Å². The minimum atomic E-state index is -0.907. The van der Waals surface area contributed by atoms with Crippen LogP contribution in [0.25, 0.3) is 0 Å². The van der Waals surface area contributed by atoms with Crippen molar-refractivity contribution in [3.05, 3.63) is 52.1 Å². The highest BCUT2D eigenvalue weighted by molar-refractivity contribution is 7.99. The van der Waals surface area contributed by atoms with E-state index in [0.29, 0.717) is 58.2 Å². The number of carbonyl (C=O) groups is 2. The number of phenolic OH excluding ortho intramolecular Hbond substituents is 1. The summed E-state index contributed by atoms with van der Waals surface area (Å²) in [6, 6.07) is 1.15. The predicted molar refractivity (Wildman–Crippen MR) is 167 cm³/mol. The van der Waals surface area contributed by atoms with Crippen LogP contribution < -0.4 is 24.7 Å². The molecule has 2 aromatic rings. The van der Waals surface area contributed by atoms with Gasteiger partial charge in [-0.2, -0.15) is 5.26 Å². The molecule has 0 radical (unpaired) electrons. The Morgan fingerprint density at radius 3 is 2.70 bits per heavy atom. The van der Waals surface area contributed by atoms with Crippen LogP contribution in [0.15, 0.2) is 18.7 Å². The summed E-state index contributed by atoms with van der Waals surface area (Å²) in [4.78, 5) is 30.0. The van der Waals surface area contributed by atoms with Crippen LogP contribution in [-0.2, 0) is 20.7 Å². The van der Waals surface area contributed by atoms with Crippen molar-refractivity contribution in [2.45, 2.75) is 68.7 Å². The Labute approximate surface area is 270 Å². The largest absolute Gasteiger partial charge is 0.504 e. The maximum absolute atomic E-state index is 13.0. The van der Waals surface area contributed by atoms with Crippen LogP contribution in [-0.4, -0.2) is 83.8 Å². The highest BCUT2D eigenvalue weighted by Crippen LogP contribution is 2.64. The number of hydrogen-bond donors (Lipinski definition) is 2. The normalized spacial score (nSPS) is 29.5. The molecule has 0 aromatic heterocycles. The molecule has 7 rings (SSSR count). The van der Waals surface area contributed by atoms with Crippen LogP contribution >= 0.6 is 11.8 Å². The number of benzene rings is 2. The van der Waals surface area contributed by atoms with Gasteiger partial charge in [0.05, 0.1) is 30.5 Å². The third-order valence-corrected chi connectivity index (χ3v) is 11.3. The van der Waals surface area contributed by atoms with E-state index < -0.39 is 47.4 Å². The highest BCUT2D eigenvalue weighted by Gasteiger charge is 2.61. The van der Waals surface area contributed by atoms with Crippen molar-refractivity contribution in [1.29, 1.82) is 5.26 Å². The fraction of sp³-hybridized carbons (Fsp3) is 0.485. The third kappa shape index (κ3) is 4.31. The first kappa shape index (κ1) is 30.7. The van der Waals surface area contributed by atoms with Crippen molar-refractivity contribution in [1.82, 2.24) is 9.80 Å². The molecule has 2 saturated heterocycles. The van der Waals surface area contributed by atoms with Gasteiger partial charge in [0, 0.05) is 53.6 Å². The van der Waals surface area contributed by atoms with Gasteiger partial charge < -0.3 is 34.5 Å². The van der Waals surface area contributed by atoms with E-state index in [0.717, 1.165) is 11.1 Å². The quantitative estimate of drug-likeness (QED) is 0.284. The summed E-state index contributed by atoms with van der Waals surface area (Å²) in [5.74, 6) is 0.861. The summed E-state index contributed by atoms with van der Waals surface area (Å²) in [6.07, 6.45) is 2.30. The molecule has 2 fully saturated rings. The van der Waals surface area contributed by atoms with Gasteiger partial charge in [0.2, 0.25) is 6.79 Å². The number of nitriles is 1. The lowest BCUT2D eigenvalue weighted by atomic mass is 9.71. The number of ether oxygens (including phenoxy) is 5. The van der Waals surface area contributed by atoms with E-state index in [1.165, 1.54) is 25.8 Å². The molecule has 0 spiro atoms. The summed E-state index contributed by atoms with van der Waals surface area (Å²) in [7, 11) is 1.53. The Hall–Kier alpha value is -3.96. The molecule has 242 valence electrons. The van der Waals surface area contributed by atoms with E-state index in [4.69, 9.17) is 29.4 Å². The van der Waals surface area contributed by atoms with Crippen LogP contribution in [0, 0.1) is 25.2 Å². The predicted octanol–water partition coefficient (Wildman–Crippen LogP) is 3.12. The standard InChI is InChI=1S/C33H36N4O8S/c1-6-7-36-19-9-17-8-14(2)28(41-5)27(39)22(17)25(36)26-32-24-23(31-30(43-13-44-31)15(3)29(24)45-16(4)38)21(37(26)20(19)10-34)11-42-33(40)18(35)12-46-32/h6,8,18-21,25-26,32,39H,1,7,9,11-13,35H2,2-5H3/t18-,19+,20-,21-,25-,26?,32+/m0/s1. The summed E-state index contributed by atoms with van der Waals surface area (Å²) >= 11 is 1.43. The lowest BCUT2D eigenvalue weighted by molar-refractivity contribution is -0.150. The number of nitrogens with zero attached hydrogens (tertiary/aromatic N) is 3. The Balaban J connectivity index is 1.58. The minimum Gasteiger partial charge on any atom is -0.504 e. The number of nitrogens with two attached hydrogens (primary N) is 1. The molecule has 7 atom stereocenters. The van der Waals surface area contributed by atoms with Crippen molar-refractivity contribution in [2.24, 2.45) is 5.73 Å². The topological polar surface area (TPSA) is 157 Å². The van der Waals surface area contributed by atoms with E-state index in [2.05, 4.69) is 22.4 Å². The highest BCUT2D eigenvalue weighted by atomic mass is 32.2. The van der Waals surface area contributed by atoms with Crippen molar-refractivity contribution in [3.8, 4) is 34.8 Å². The van der Waals surface area contributed by atoms with Crippen LogP contribution in [0.2, 0.25) is 0 Å². The van der Waals surface area contributed by atoms with Crippen molar-refractivity contribution < 1.29 is 38.4 Å². The van der Waals surface area contributed by atoms with Crippen LogP contribution in [0.3, 0.4) is 0 Å². The number of hydrogen-bond acceptors (Lipinski definition) is 13. The lowest BCUT2D eigenvalue weighted by Crippen LogP contribution is -2.70. The van der Waals surface area contributed by atoms with Gasteiger partial charge in [-0.15, -0.1) is 18.3 Å². The number of aryl methyl sites for hydroxylation is 1. The Morgan fingerprint density at radius 1 is 1.24 bits per heavy atom. The molecule has 4 bridgehead atoms. The first-order valence-corrected chi connectivity index (χ1v) is 16.3. The van der Waals surface area contributed by atoms with E-state index in [1.54, 1.807) is 6.08 Å². The van der Waals surface area contributed by atoms with Gasteiger partial charge >= 0.3 is 11.9 Å². The molecular weight excluding hydrogens is 612 g/mol. The molecule has 0 amide bonds. The zero-order valence-electron chi connectivity index (χ0n) is 26.1. The second-order valence-corrected chi connectivity index (χ2v) is 13.5. The third-order valence-electron chi connectivity index (χ3n) is 9.85. The van der Waals surface area contributed by atoms with Gasteiger partial charge in [-0.25, -0.2) is 0 Å². The average molecular weight is 649 g/mol. The van der Waals surface area contributed by atoms with E-state index >= 15 is 0 Å². The molecule has 5 heterocycles. The first-order chi connectivity index (χ1) is 22.1. The van der Waals surface area contributed by atoms with Crippen molar-refractivity contribution in [2.75, 3.05) is 32.8 Å². The number of aromatic hydroxyl groups is 1. The zero-order valence-corrected chi connectivity index (χ0v) is 26.9. The summed E-state index contributed by atoms with van der Waals surface area (Å²) in [5.41, 5.74) is 10.8. The van der Waals surface area contributed by atoms with Gasteiger partial charge in [0.1, 0.15) is 24.4 Å². The number of carbonyl (C=O) groups excluding carboxylic acids is 2. The molecule has 13 heteroatoms. The van der Waals surface area contributed by atoms with Gasteiger partial charge in [-0.05, 0) is 31.4 Å². The number of cyclic esters (lactones) is 1. The average Bonchev–Trinajstić information content (AvgIpc) is 3.51. The van der Waals surface area contributed by atoms with Gasteiger partial charge in [-0.1, -0.05) is 12.1 Å². The number of esters is 2. The molecule has 2 aromatic carbocycles. The fourth-order valence-corrected chi connectivity index (χ4v) is 9.67. The second kappa shape index (κ2) is 11.4. The van der Waals surface area contributed by atoms with E-state index in [-0.39, 0.29) is 30.9 Å². The van der Waals surface area contributed by atoms with Crippen LogP contribution in [0.1, 0.15) is 57.6 Å². The van der Waals surface area contributed by atoms with Gasteiger partial charge in [-0.3, -0.25) is 19.4 Å². The maximum Gasteiger partial charge on any atom is 0.323 e. The number of thioether (sulfide) groups is 1. The molecule has 0 aliphatic carbocycles. The second-order valence-electron chi connectivity index (χ2n) is 12.3. The van der Waals surface area contributed by atoms with E-state index in [9.17, 15) is 20.0 Å². The SMILES string of the molecule is C=CCN1[C@@H]2Cc3cc(C)c(OC)c(O)c3[C@H]1C1[C@@H]3SC[C@H](N)C(=O)OC[C@@H](c4c5c(c(C)c(OC(C)=O)c43)OCO5)N1[C@H]2C#N. The molecule has 5 aliphatic heterocycles. The zero-order chi connectivity index (χ0) is 32.6. The summed E-state index contributed by atoms with van der Waals surface area (Å²) < 4.78 is 29.6. The molecule has 12 nitrogen and oxygen atoms in total. The molecular formula is C33H36N4O8S. The van der Waals surface area contributed by atoms with Crippen LogP contribution in [0.5, 0.6) is 28.7 Å². The molecule has 46 heavy (non-hydrogen) atoms. The first-order valence-electron chi connectivity index (χ1n) is 15.2. The van der Waals surface area contributed by atoms with E-state index in [1.807, 2.05) is 19.9 Å². The molecule has 5 aliphatic rings. The lowest BCUT2D eigenvalue weighted by Gasteiger charge is -2.62. The van der Waals surface area contributed by atoms with Gasteiger partial charge in [0.15, 0.2) is 23.0 Å². The Bertz CT molecular complexity index is 1710. The number of rotatable bonds is 4. The maximum atomic E-state index is 13.0. The fourth-order valence-electron chi connectivity index (χ4n) is 8.23. The van der Waals surface area contributed by atoms with Crippen molar-refractivity contribution in [3.63, 3.8) is 0 Å². The Morgan fingerprint density at radius 2 is 2.00 bits per heavy atom. The molecule has 1 unspecified atom stereocenters. The smallest absolute Gasteiger partial charge is 0.323 e. The van der Waals surface area contributed by atoms with Crippen molar-refractivity contribution >= 4 is 23.7 Å². The number of piperazine rings is 1. The summed E-state index contributed by atoms with van der Waals surface area (Å²) in [5, 5.41) is 22.3. The van der Waals surface area contributed by atoms with Gasteiger partial charge in [0.25, 0.3) is 0 Å². The summed E-state index contributed by atoms with van der Waals surface area (Å²) in [6.45, 7) is 9.38. The monoisotopic (exact) mass is 648 g/mol.